The van der Waals surface area contributed by atoms with Crippen molar-refractivity contribution >= 4 is 22.7 Å². The van der Waals surface area contributed by atoms with E-state index in [1.165, 1.54) is 0 Å². The molecule has 4 heteroatoms. The van der Waals surface area contributed by atoms with Crippen molar-refractivity contribution in [2.24, 2.45) is 0 Å². The lowest BCUT2D eigenvalue weighted by atomic mass is 10.1. The molecule has 0 spiro atoms. The summed E-state index contributed by atoms with van der Waals surface area (Å²) in [5.41, 5.74) is 5.66. The van der Waals surface area contributed by atoms with Crippen LogP contribution in [0.3, 0.4) is 0 Å². The predicted octanol–water partition coefficient (Wildman–Crippen LogP) is 3.63. The average molecular weight is 285 g/mol. The largest absolute Gasteiger partial charge is 0.458 e. The van der Waals surface area contributed by atoms with E-state index in [0.717, 1.165) is 22.2 Å². The smallest absolute Gasteiger partial charge is 0.189 e. The quantitative estimate of drug-likeness (QED) is 0.442. The fourth-order valence-electron chi connectivity index (χ4n) is 2.37. The van der Waals surface area contributed by atoms with E-state index in [0.29, 0.717) is 12.5 Å². The van der Waals surface area contributed by atoms with Gasteiger partial charge in [0, 0.05) is 25.2 Å². The maximum atomic E-state index is 5.58. The van der Waals surface area contributed by atoms with Gasteiger partial charge < -0.3 is 18.8 Å². The van der Waals surface area contributed by atoms with E-state index in [1.54, 1.807) is 20.3 Å². The fourth-order valence-corrected chi connectivity index (χ4v) is 2.37. The normalized spacial score (nSPS) is 10.4. The number of nitrogens with zero attached hydrogens (tertiary/aromatic N) is 1. The second-order valence-electron chi connectivity index (χ2n) is 4.39. The van der Waals surface area contributed by atoms with Crippen LogP contribution in [0.25, 0.3) is 22.7 Å². The summed E-state index contributed by atoms with van der Waals surface area (Å²) in [6.45, 7) is 8.14. The van der Waals surface area contributed by atoms with Crippen molar-refractivity contribution in [1.82, 2.24) is 4.57 Å². The Bertz CT molecular complexity index is 693. The Morgan fingerprint density at radius 2 is 2.05 bits per heavy atom. The minimum Gasteiger partial charge on any atom is -0.458 e. The topological polar surface area (TPSA) is 32.6 Å². The van der Waals surface area contributed by atoms with Crippen LogP contribution in [0.15, 0.2) is 43.2 Å². The summed E-state index contributed by atoms with van der Waals surface area (Å²) in [6.07, 6.45) is 1.80. The molecule has 0 aliphatic rings. The first-order valence-corrected chi connectivity index (χ1v) is 6.53. The Morgan fingerprint density at radius 3 is 2.67 bits per heavy atom. The maximum Gasteiger partial charge on any atom is 0.189 e. The first-order valence-electron chi connectivity index (χ1n) is 6.53. The zero-order valence-electron chi connectivity index (χ0n) is 12.4. The van der Waals surface area contributed by atoms with Crippen molar-refractivity contribution in [2.75, 3.05) is 21.0 Å². The van der Waals surface area contributed by atoms with Gasteiger partial charge in [0.25, 0.3) is 0 Å². The first-order chi connectivity index (χ1) is 10.3. The molecule has 0 radical (unpaired) electrons. The molecule has 0 unspecified atom stereocenters. The van der Waals surface area contributed by atoms with Crippen LogP contribution in [-0.2, 0) is 20.9 Å². The summed E-state index contributed by atoms with van der Waals surface area (Å²) in [5, 5.41) is 1.08. The standard InChI is InChI=1S/C17H19NO3/c1-5-13-14-9-7-8-10-15(14)18(11-19-3)17(13)16(6-2)21-12-20-4/h5,7-10H,1-2,11-12H2,3-4H3. The molecule has 2 rings (SSSR count). The number of aromatic nitrogens is 1. The van der Waals surface area contributed by atoms with Gasteiger partial charge in [-0.15, -0.1) is 0 Å². The molecule has 0 bridgehead atoms. The Labute approximate surface area is 124 Å². The molecule has 1 aromatic heterocycles. The molecule has 110 valence electrons. The highest BCUT2D eigenvalue weighted by Crippen LogP contribution is 2.32. The molecular weight excluding hydrogens is 266 g/mol. The third-order valence-electron chi connectivity index (χ3n) is 3.17. The molecule has 4 nitrogen and oxygen atoms in total. The molecular formula is C17H19NO3. The van der Waals surface area contributed by atoms with Crippen LogP contribution in [0.5, 0.6) is 0 Å². The van der Waals surface area contributed by atoms with Gasteiger partial charge in [-0.25, -0.2) is 0 Å². The zero-order chi connectivity index (χ0) is 15.2. The molecule has 0 atom stereocenters. The summed E-state index contributed by atoms with van der Waals surface area (Å²) in [6, 6.07) is 8.04. The number of methoxy groups -OCH3 is 2. The second-order valence-corrected chi connectivity index (χ2v) is 4.39. The van der Waals surface area contributed by atoms with Crippen molar-refractivity contribution in [2.45, 2.75) is 6.73 Å². The van der Waals surface area contributed by atoms with E-state index in [2.05, 4.69) is 18.9 Å². The van der Waals surface area contributed by atoms with Gasteiger partial charge in [0.15, 0.2) is 12.6 Å². The molecule has 0 aliphatic carbocycles. The summed E-state index contributed by atoms with van der Waals surface area (Å²) in [5.74, 6) is 0.514. The lowest BCUT2D eigenvalue weighted by molar-refractivity contribution is 0.0307. The van der Waals surface area contributed by atoms with Crippen LogP contribution in [0, 0.1) is 0 Å². The molecule has 0 amide bonds. The van der Waals surface area contributed by atoms with Gasteiger partial charge in [0.05, 0.1) is 5.52 Å². The van der Waals surface area contributed by atoms with Crippen molar-refractivity contribution in [3.05, 3.63) is 54.4 Å². The number of ether oxygens (including phenoxy) is 3. The highest BCUT2D eigenvalue weighted by Gasteiger charge is 2.19. The fraction of sp³-hybridized carbons (Fsp3) is 0.235. The van der Waals surface area contributed by atoms with Crippen LogP contribution in [0.2, 0.25) is 0 Å². The SMILES string of the molecule is C=C=C(OCOC)c1c(C=C)c2ccccc2n1COC. The number of hydrogen-bond donors (Lipinski definition) is 0. The van der Waals surface area contributed by atoms with E-state index in [-0.39, 0.29) is 6.79 Å². The van der Waals surface area contributed by atoms with Crippen molar-refractivity contribution in [3.8, 4) is 0 Å². The number of rotatable bonds is 7. The molecule has 0 aliphatic heterocycles. The Hall–Kier alpha value is -2.26. The molecule has 0 N–H and O–H groups in total. The minimum atomic E-state index is 0.128. The van der Waals surface area contributed by atoms with Crippen molar-refractivity contribution in [3.63, 3.8) is 0 Å². The van der Waals surface area contributed by atoms with Gasteiger partial charge >= 0.3 is 0 Å². The lowest BCUT2D eigenvalue weighted by Crippen LogP contribution is -2.07. The lowest BCUT2D eigenvalue weighted by Gasteiger charge is -2.13. The number of para-hydroxylation sites is 1. The highest BCUT2D eigenvalue weighted by molar-refractivity contribution is 5.94. The first kappa shape index (κ1) is 15.1. The third-order valence-corrected chi connectivity index (χ3v) is 3.17. The van der Waals surface area contributed by atoms with Crippen LogP contribution in [-0.4, -0.2) is 25.6 Å². The van der Waals surface area contributed by atoms with Crippen LogP contribution >= 0.6 is 0 Å². The molecule has 0 saturated carbocycles. The highest BCUT2D eigenvalue weighted by atomic mass is 16.7. The van der Waals surface area contributed by atoms with Gasteiger partial charge in [0.2, 0.25) is 0 Å². The summed E-state index contributed by atoms with van der Waals surface area (Å²) < 4.78 is 17.9. The number of benzene rings is 1. The van der Waals surface area contributed by atoms with E-state index in [9.17, 15) is 0 Å². The van der Waals surface area contributed by atoms with Crippen LogP contribution in [0.1, 0.15) is 11.3 Å². The minimum absolute atomic E-state index is 0.128. The maximum absolute atomic E-state index is 5.58. The summed E-state index contributed by atoms with van der Waals surface area (Å²) in [7, 11) is 3.22. The van der Waals surface area contributed by atoms with Crippen molar-refractivity contribution in [1.29, 1.82) is 0 Å². The Kier molecular flexibility index (Phi) is 5.01. The average Bonchev–Trinajstić information content (AvgIpc) is 2.83. The van der Waals surface area contributed by atoms with E-state index >= 15 is 0 Å². The Balaban J connectivity index is 2.72. The predicted molar refractivity (Wildman–Crippen MR) is 84.5 cm³/mol. The third kappa shape index (κ3) is 2.78. The monoisotopic (exact) mass is 285 g/mol. The Morgan fingerprint density at radius 1 is 1.29 bits per heavy atom. The molecule has 0 fully saturated rings. The van der Waals surface area contributed by atoms with Gasteiger partial charge in [-0.1, -0.05) is 43.2 Å². The van der Waals surface area contributed by atoms with Gasteiger partial charge in [-0.3, -0.25) is 0 Å². The zero-order valence-corrected chi connectivity index (χ0v) is 12.4. The second kappa shape index (κ2) is 6.95. The number of fused-ring (bicyclic) bond motifs is 1. The number of hydrogen-bond acceptors (Lipinski definition) is 3. The van der Waals surface area contributed by atoms with E-state index < -0.39 is 0 Å². The van der Waals surface area contributed by atoms with Gasteiger partial charge in [-0.05, 0) is 6.07 Å². The van der Waals surface area contributed by atoms with Gasteiger partial charge in [0.1, 0.15) is 12.4 Å². The molecule has 1 aromatic carbocycles. The molecule has 21 heavy (non-hydrogen) atoms. The van der Waals surface area contributed by atoms with Crippen LogP contribution < -0.4 is 0 Å². The van der Waals surface area contributed by atoms with Crippen LogP contribution in [0.4, 0.5) is 0 Å². The molecule has 2 aromatic rings. The molecule has 0 saturated heterocycles. The molecule has 1 heterocycles. The summed E-state index contributed by atoms with van der Waals surface area (Å²) >= 11 is 0. The van der Waals surface area contributed by atoms with E-state index in [4.69, 9.17) is 14.2 Å². The van der Waals surface area contributed by atoms with Gasteiger partial charge in [-0.2, -0.15) is 0 Å². The van der Waals surface area contributed by atoms with Crippen molar-refractivity contribution < 1.29 is 14.2 Å². The van der Waals surface area contributed by atoms with E-state index in [1.807, 2.05) is 28.8 Å². The summed E-state index contributed by atoms with van der Waals surface area (Å²) in [4.78, 5) is 0.